The fourth-order valence-corrected chi connectivity index (χ4v) is 6.04. The van der Waals surface area contributed by atoms with Gasteiger partial charge in [0.05, 0.1) is 18.3 Å². The molecule has 1 N–H and O–H groups in total. The van der Waals surface area contributed by atoms with Gasteiger partial charge in [0.1, 0.15) is 0 Å². The Kier molecular flexibility index (Phi) is 3.29. The second-order valence-electron chi connectivity index (χ2n) is 7.66. The minimum atomic E-state index is -0.484. The fourth-order valence-electron chi connectivity index (χ4n) is 5.29. The van der Waals surface area contributed by atoms with Crippen LogP contribution in [0.2, 0.25) is 0 Å². The molecular weight excluding hydrogens is 456 g/mol. The molecule has 1 aliphatic carbocycles. The van der Waals surface area contributed by atoms with Crippen molar-refractivity contribution in [2.75, 3.05) is 0 Å². The fraction of sp³-hybridized carbons (Fsp3) is 0.273. The molecule has 3 aromatic carbocycles. The number of aliphatic hydroxyl groups is 1. The third-order valence-electron chi connectivity index (χ3n) is 6.41. The zero-order valence-corrected chi connectivity index (χ0v) is 17.0. The van der Waals surface area contributed by atoms with Gasteiger partial charge in [0.2, 0.25) is 0 Å². The molecule has 5 unspecified atom stereocenters. The van der Waals surface area contributed by atoms with Gasteiger partial charge in [-0.2, -0.15) is 0 Å². The van der Waals surface area contributed by atoms with Gasteiger partial charge < -0.3 is 9.84 Å². The summed E-state index contributed by atoms with van der Waals surface area (Å²) in [6, 6.07) is 17.3. The van der Waals surface area contributed by atoms with Crippen LogP contribution in [0.3, 0.4) is 0 Å². The highest BCUT2D eigenvalue weighted by atomic mass is 79.9. The van der Waals surface area contributed by atoms with Crippen molar-refractivity contribution >= 4 is 42.6 Å². The summed E-state index contributed by atoms with van der Waals surface area (Å²) in [6.45, 7) is 0. The molecule has 0 amide bonds. The van der Waals surface area contributed by atoms with Gasteiger partial charge >= 0.3 is 0 Å². The van der Waals surface area contributed by atoms with Crippen LogP contribution < -0.4 is 0 Å². The Morgan fingerprint density at radius 1 is 0.846 bits per heavy atom. The molecular formula is C22H16Br2O2. The van der Waals surface area contributed by atoms with Crippen LogP contribution in [0.4, 0.5) is 0 Å². The number of halogens is 2. The standard InChI is InChI=1S/C22H16Br2O2/c23-17-8-12-7-16-19(20(25)13(12)9-18(17)24)22-15-6-11-4-2-1-3-10(11)5-14(15)21(16)26-22/h1-6,8-9,16,19-22,25H,7H2. The summed E-state index contributed by atoms with van der Waals surface area (Å²) in [4.78, 5) is 0. The van der Waals surface area contributed by atoms with E-state index in [1.54, 1.807) is 0 Å². The first kappa shape index (κ1) is 15.8. The average Bonchev–Trinajstić information content (AvgIpc) is 3.18. The molecule has 4 heteroatoms. The van der Waals surface area contributed by atoms with E-state index in [4.69, 9.17) is 4.74 Å². The molecule has 5 atom stereocenters. The van der Waals surface area contributed by atoms with E-state index in [0.29, 0.717) is 5.92 Å². The zero-order valence-electron chi connectivity index (χ0n) is 13.8. The van der Waals surface area contributed by atoms with Crippen LogP contribution in [-0.2, 0) is 11.2 Å². The van der Waals surface area contributed by atoms with Crippen LogP contribution in [0, 0.1) is 11.8 Å². The topological polar surface area (TPSA) is 29.5 Å². The number of hydrogen-bond donors (Lipinski definition) is 1. The van der Waals surface area contributed by atoms with Crippen molar-refractivity contribution in [2.45, 2.75) is 24.7 Å². The van der Waals surface area contributed by atoms with Crippen molar-refractivity contribution in [2.24, 2.45) is 11.8 Å². The van der Waals surface area contributed by atoms with Gasteiger partial charge in [-0.15, -0.1) is 0 Å². The number of aliphatic hydroxyl groups excluding tert-OH is 1. The van der Waals surface area contributed by atoms with Gasteiger partial charge in [0, 0.05) is 20.8 Å². The quantitative estimate of drug-likeness (QED) is 0.434. The molecule has 2 bridgehead atoms. The lowest BCUT2D eigenvalue weighted by atomic mass is 9.65. The number of benzene rings is 3. The van der Waals surface area contributed by atoms with Crippen molar-refractivity contribution in [3.63, 3.8) is 0 Å². The maximum atomic E-state index is 11.2. The third-order valence-corrected chi connectivity index (χ3v) is 8.26. The van der Waals surface area contributed by atoms with E-state index in [1.165, 1.54) is 27.5 Å². The Bertz CT molecular complexity index is 1080. The van der Waals surface area contributed by atoms with Crippen LogP contribution in [0.15, 0.2) is 57.5 Å². The molecule has 1 fully saturated rings. The number of ether oxygens (including phenoxy) is 1. The van der Waals surface area contributed by atoms with E-state index < -0.39 is 6.10 Å². The maximum absolute atomic E-state index is 11.2. The molecule has 3 aromatic rings. The van der Waals surface area contributed by atoms with Gasteiger partial charge in [-0.05, 0) is 95.6 Å². The van der Waals surface area contributed by atoms with Crippen LogP contribution in [0.25, 0.3) is 10.8 Å². The molecule has 2 nitrogen and oxygen atoms in total. The van der Waals surface area contributed by atoms with Gasteiger partial charge in [0.25, 0.3) is 0 Å². The Hall–Kier alpha value is -1.20. The van der Waals surface area contributed by atoms with Gasteiger partial charge in [-0.1, -0.05) is 24.3 Å². The van der Waals surface area contributed by atoms with Gasteiger partial charge in [0.15, 0.2) is 0 Å². The molecule has 1 saturated heterocycles. The molecule has 130 valence electrons. The lowest BCUT2D eigenvalue weighted by Crippen LogP contribution is -2.33. The van der Waals surface area contributed by atoms with Crippen LogP contribution >= 0.6 is 31.9 Å². The molecule has 0 radical (unpaired) electrons. The summed E-state index contributed by atoms with van der Waals surface area (Å²) in [5.74, 6) is 0.471. The first-order valence-electron chi connectivity index (χ1n) is 8.96. The lowest BCUT2D eigenvalue weighted by molar-refractivity contribution is 0.0213. The Balaban J connectivity index is 1.50. The van der Waals surface area contributed by atoms with Crippen molar-refractivity contribution in [3.8, 4) is 0 Å². The predicted octanol–water partition coefficient (Wildman–Crippen LogP) is 6.01. The van der Waals surface area contributed by atoms with E-state index in [2.05, 4.69) is 80.4 Å². The first-order chi connectivity index (χ1) is 12.6. The molecule has 6 rings (SSSR count). The molecule has 0 saturated carbocycles. The third kappa shape index (κ3) is 1.99. The first-order valence-corrected chi connectivity index (χ1v) is 10.5. The second-order valence-corrected chi connectivity index (χ2v) is 9.37. The van der Waals surface area contributed by atoms with Crippen LogP contribution in [0.1, 0.15) is 40.6 Å². The molecule has 0 aromatic heterocycles. The summed E-state index contributed by atoms with van der Waals surface area (Å²) in [6.07, 6.45) is 0.559. The SMILES string of the molecule is OC1c2cc(Br)c(Br)cc2CC2C3OC(c4cc5ccccc5cc43)C12. The number of hydrogen-bond acceptors (Lipinski definition) is 2. The minimum absolute atomic E-state index is 0.00446. The van der Waals surface area contributed by atoms with Crippen molar-refractivity contribution in [3.05, 3.63) is 79.7 Å². The number of fused-ring (bicyclic) bond motifs is 10. The molecule has 0 spiro atoms. The average molecular weight is 472 g/mol. The molecule has 26 heavy (non-hydrogen) atoms. The predicted molar refractivity (Wildman–Crippen MR) is 108 cm³/mol. The van der Waals surface area contributed by atoms with E-state index in [1.807, 2.05) is 0 Å². The summed E-state index contributed by atoms with van der Waals surface area (Å²) in [5, 5.41) is 13.7. The summed E-state index contributed by atoms with van der Waals surface area (Å²) >= 11 is 7.18. The Labute approximate surface area is 168 Å². The smallest absolute Gasteiger partial charge is 0.0897 e. The Morgan fingerprint density at radius 2 is 1.50 bits per heavy atom. The van der Waals surface area contributed by atoms with Crippen molar-refractivity contribution in [1.82, 2.24) is 0 Å². The van der Waals surface area contributed by atoms with Crippen LogP contribution in [-0.4, -0.2) is 5.11 Å². The molecule has 2 aliphatic heterocycles. The Morgan fingerprint density at radius 3 is 2.23 bits per heavy atom. The van der Waals surface area contributed by atoms with Gasteiger partial charge in [-0.3, -0.25) is 0 Å². The summed E-state index contributed by atoms with van der Waals surface area (Å²) < 4.78 is 8.47. The lowest BCUT2D eigenvalue weighted by Gasteiger charge is -2.38. The van der Waals surface area contributed by atoms with Crippen molar-refractivity contribution in [1.29, 1.82) is 0 Å². The van der Waals surface area contributed by atoms with Gasteiger partial charge in [-0.25, -0.2) is 0 Å². The largest absolute Gasteiger partial charge is 0.388 e. The minimum Gasteiger partial charge on any atom is -0.388 e. The summed E-state index contributed by atoms with van der Waals surface area (Å²) in [7, 11) is 0. The highest BCUT2D eigenvalue weighted by Crippen LogP contribution is 2.63. The number of rotatable bonds is 0. The molecule has 3 aliphatic rings. The highest BCUT2D eigenvalue weighted by molar-refractivity contribution is 9.13. The molecule has 2 heterocycles. The van der Waals surface area contributed by atoms with E-state index >= 15 is 0 Å². The van der Waals surface area contributed by atoms with E-state index in [-0.39, 0.29) is 18.1 Å². The highest BCUT2D eigenvalue weighted by Gasteiger charge is 2.56. The summed E-state index contributed by atoms with van der Waals surface area (Å²) in [5.41, 5.74) is 4.86. The monoisotopic (exact) mass is 470 g/mol. The van der Waals surface area contributed by atoms with E-state index in [9.17, 15) is 5.11 Å². The second kappa shape index (κ2) is 5.41. The zero-order chi connectivity index (χ0) is 17.6. The van der Waals surface area contributed by atoms with Crippen LogP contribution in [0.5, 0.6) is 0 Å². The maximum Gasteiger partial charge on any atom is 0.0897 e. The van der Waals surface area contributed by atoms with E-state index in [0.717, 1.165) is 20.9 Å². The van der Waals surface area contributed by atoms with Crippen molar-refractivity contribution < 1.29 is 9.84 Å². The normalized spacial score (nSPS) is 31.0.